The molecule has 0 saturated heterocycles. The van der Waals surface area contributed by atoms with Gasteiger partial charge >= 0.3 is 0 Å². The maximum atomic E-state index is 11.8. The first-order chi connectivity index (χ1) is 7.06. The van der Waals surface area contributed by atoms with Gasteiger partial charge in [0.1, 0.15) is 0 Å². The molecule has 1 N–H and O–H groups in total. The Kier molecular flexibility index (Phi) is 6.14. The molecule has 0 aliphatic heterocycles. The van der Waals surface area contributed by atoms with Crippen LogP contribution in [-0.2, 0) is 20.6 Å². The summed E-state index contributed by atoms with van der Waals surface area (Å²) in [5, 5.41) is 3.07. The second-order valence-electron chi connectivity index (χ2n) is 5.03. The van der Waals surface area contributed by atoms with E-state index in [9.17, 15) is 12.6 Å². The Bertz CT molecular complexity index is 330. The van der Waals surface area contributed by atoms with Crippen LogP contribution in [0.4, 0.5) is 0 Å². The first-order valence-electron chi connectivity index (χ1n) is 5.32. The molecule has 0 aromatic heterocycles. The third kappa shape index (κ3) is 5.96. The number of hydrogen-bond acceptors (Lipinski definition) is 4. The molecule has 98 valence electrons. The predicted molar refractivity (Wildman–Crippen MR) is 69.9 cm³/mol. The molecule has 0 spiro atoms. The fraction of sp³-hybridized carbons (Fsp3) is 1.00. The number of sulfone groups is 1. The van der Waals surface area contributed by atoms with E-state index in [1.165, 1.54) is 0 Å². The van der Waals surface area contributed by atoms with Crippen LogP contribution in [0.3, 0.4) is 0 Å². The molecule has 0 aromatic carbocycles. The van der Waals surface area contributed by atoms with Crippen molar-refractivity contribution in [3.05, 3.63) is 0 Å². The second-order valence-corrected chi connectivity index (χ2v) is 9.37. The highest BCUT2D eigenvalue weighted by Crippen LogP contribution is 2.15. The van der Waals surface area contributed by atoms with E-state index in [2.05, 4.69) is 5.32 Å². The summed E-state index contributed by atoms with van der Waals surface area (Å²) in [5.74, 6) is 0.673. The van der Waals surface area contributed by atoms with E-state index in [-0.39, 0.29) is 11.8 Å². The van der Waals surface area contributed by atoms with Crippen molar-refractivity contribution in [2.24, 2.45) is 0 Å². The van der Waals surface area contributed by atoms with Gasteiger partial charge in [-0.25, -0.2) is 8.42 Å². The number of nitrogens with one attached hydrogen (secondary N) is 1. The summed E-state index contributed by atoms with van der Waals surface area (Å²) >= 11 is 0. The van der Waals surface area contributed by atoms with Crippen molar-refractivity contribution < 1.29 is 12.6 Å². The quantitative estimate of drug-likeness (QED) is 0.765. The maximum absolute atomic E-state index is 11.8. The van der Waals surface area contributed by atoms with Crippen molar-refractivity contribution in [1.29, 1.82) is 0 Å². The van der Waals surface area contributed by atoms with E-state index < -0.39 is 25.4 Å². The van der Waals surface area contributed by atoms with Gasteiger partial charge in [-0.05, 0) is 27.7 Å². The second kappa shape index (κ2) is 6.12. The molecule has 2 atom stereocenters. The molecular weight excluding hydrogens is 246 g/mol. The molecule has 0 fully saturated rings. The van der Waals surface area contributed by atoms with Crippen molar-refractivity contribution in [2.75, 3.05) is 24.3 Å². The van der Waals surface area contributed by atoms with Crippen molar-refractivity contribution in [3.63, 3.8) is 0 Å². The van der Waals surface area contributed by atoms with Crippen molar-refractivity contribution in [3.8, 4) is 0 Å². The normalized spacial score (nSPS) is 17.1. The van der Waals surface area contributed by atoms with Crippen LogP contribution in [0.1, 0.15) is 27.7 Å². The smallest absolute Gasteiger partial charge is 0.156 e. The van der Waals surface area contributed by atoms with Crippen LogP contribution in [0.5, 0.6) is 0 Å². The van der Waals surface area contributed by atoms with E-state index in [4.69, 9.17) is 0 Å². The van der Waals surface area contributed by atoms with Crippen molar-refractivity contribution in [2.45, 2.75) is 38.5 Å². The minimum Gasteiger partial charge on any atom is -0.312 e. The summed E-state index contributed by atoms with van der Waals surface area (Å²) < 4.78 is 33.7. The van der Waals surface area contributed by atoms with Crippen LogP contribution in [0.15, 0.2) is 0 Å². The summed E-state index contributed by atoms with van der Waals surface area (Å²) in [5.41, 5.74) is 0. The average molecular weight is 269 g/mol. The van der Waals surface area contributed by atoms with E-state index in [0.29, 0.717) is 12.3 Å². The summed E-state index contributed by atoms with van der Waals surface area (Å²) in [6, 6.07) is 0.0843. The van der Waals surface area contributed by atoms with Crippen LogP contribution in [-0.4, -0.2) is 47.7 Å². The minimum absolute atomic E-state index is 0.0843. The lowest BCUT2D eigenvalue weighted by Gasteiger charge is -2.20. The maximum Gasteiger partial charge on any atom is 0.156 e. The van der Waals surface area contributed by atoms with Gasteiger partial charge in [-0.2, -0.15) is 0 Å². The molecule has 2 unspecified atom stereocenters. The first kappa shape index (κ1) is 16.1. The molecule has 0 amide bonds. The minimum atomic E-state index is -3.06. The van der Waals surface area contributed by atoms with Crippen LogP contribution < -0.4 is 5.32 Å². The van der Waals surface area contributed by atoms with Gasteiger partial charge in [-0.15, -0.1) is 0 Å². The predicted octanol–water partition coefficient (Wildman–Crippen LogP) is 0.556. The molecule has 0 heterocycles. The Morgan fingerprint density at radius 3 is 2.19 bits per heavy atom. The topological polar surface area (TPSA) is 63.2 Å². The lowest BCUT2D eigenvalue weighted by Crippen LogP contribution is -2.38. The molecule has 0 aliphatic rings. The zero-order valence-electron chi connectivity index (χ0n) is 10.7. The van der Waals surface area contributed by atoms with Gasteiger partial charge in [0.05, 0.1) is 10.5 Å². The third-order valence-corrected chi connectivity index (χ3v) is 5.86. The van der Waals surface area contributed by atoms with Crippen LogP contribution >= 0.6 is 0 Å². The van der Waals surface area contributed by atoms with E-state index in [1.54, 1.807) is 27.0 Å². The lowest BCUT2D eigenvalue weighted by atomic mass is 10.3. The Morgan fingerprint density at radius 2 is 1.81 bits per heavy atom. The Labute approximate surface area is 102 Å². The van der Waals surface area contributed by atoms with Crippen molar-refractivity contribution >= 4 is 20.6 Å². The standard InChI is InChI=1S/C10H23NO3S2/c1-9(8-15(5)12)11-6-7-16(13,14)10(2,3)4/h9,11H,6-8H2,1-5H3. The fourth-order valence-electron chi connectivity index (χ4n) is 1.16. The molecule has 0 saturated carbocycles. The Balaban J connectivity index is 4.05. The van der Waals surface area contributed by atoms with Crippen LogP contribution in [0.2, 0.25) is 0 Å². The highest BCUT2D eigenvalue weighted by atomic mass is 32.2. The Hall–Kier alpha value is 0.0600. The zero-order chi connectivity index (χ0) is 13.0. The largest absolute Gasteiger partial charge is 0.312 e. The van der Waals surface area contributed by atoms with Gasteiger partial charge in [0.15, 0.2) is 9.84 Å². The molecule has 0 bridgehead atoms. The molecular formula is C10H23NO3S2. The zero-order valence-corrected chi connectivity index (χ0v) is 12.4. The molecule has 0 aromatic rings. The summed E-state index contributed by atoms with van der Waals surface area (Å²) in [6.45, 7) is 7.43. The van der Waals surface area contributed by atoms with Gasteiger partial charge in [0.25, 0.3) is 0 Å². The molecule has 6 heteroatoms. The Morgan fingerprint density at radius 1 is 1.31 bits per heavy atom. The van der Waals surface area contributed by atoms with Crippen LogP contribution in [0.25, 0.3) is 0 Å². The number of hydrogen-bond donors (Lipinski definition) is 1. The van der Waals surface area contributed by atoms with E-state index in [0.717, 1.165) is 0 Å². The van der Waals surface area contributed by atoms with E-state index >= 15 is 0 Å². The molecule has 0 aliphatic carbocycles. The SMILES string of the molecule is CC(CS(C)=O)NCCS(=O)(=O)C(C)(C)C. The molecule has 16 heavy (non-hydrogen) atoms. The van der Waals surface area contributed by atoms with Gasteiger partial charge in [0.2, 0.25) is 0 Å². The first-order valence-corrected chi connectivity index (χ1v) is 8.70. The van der Waals surface area contributed by atoms with Gasteiger partial charge < -0.3 is 5.32 Å². The highest BCUT2D eigenvalue weighted by molar-refractivity contribution is 7.92. The van der Waals surface area contributed by atoms with Crippen molar-refractivity contribution in [1.82, 2.24) is 5.32 Å². The third-order valence-electron chi connectivity index (χ3n) is 2.28. The van der Waals surface area contributed by atoms with Gasteiger partial charge in [-0.1, -0.05) is 0 Å². The summed E-state index contributed by atoms with van der Waals surface area (Å²) in [7, 11) is -3.91. The van der Waals surface area contributed by atoms with E-state index in [1.807, 2.05) is 6.92 Å². The van der Waals surface area contributed by atoms with Gasteiger partial charge in [-0.3, -0.25) is 4.21 Å². The number of rotatable bonds is 6. The fourth-order valence-corrected chi connectivity index (χ4v) is 2.98. The summed E-state index contributed by atoms with van der Waals surface area (Å²) in [6.07, 6.45) is 1.64. The average Bonchev–Trinajstić information content (AvgIpc) is 1.99. The monoisotopic (exact) mass is 269 g/mol. The highest BCUT2D eigenvalue weighted by Gasteiger charge is 2.28. The molecule has 0 radical (unpaired) electrons. The molecule has 0 rings (SSSR count). The molecule has 4 nitrogen and oxygen atoms in total. The van der Waals surface area contributed by atoms with Crippen LogP contribution in [0, 0.1) is 0 Å². The lowest BCUT2D eigenvalue weighted by molar-refractivity contribution is 0.549. The summed E-state index contributed by atoms with van der Waals surface area (Å²) in [4.78, 5) is 0. The van der Waals surface area contributed by atoms with Gasteiger partial charge in [0, 0.05) is 35.4 Å².